The average molecular weight is 237 g/mol. The molecular formula is C13H23N3O. The fourth-order valence-electron chi connectivity index (χ4n) is 2.96. The van der Waals surface area contributed by atoms with Gasteiger partial charge in [-0.05, 0) is 25.2 Å². The van der Waals surface area contributed by atoms with Crippen LogP contribution in [0.5, 0.6) is 0 Å². The SMILES string of the molecule is CCc1nccn1CCC1CCCC1(O)CN. The molecule has 0 saturated heterocycles. The Kier molecular flexibility index (Phi) is 3.84. The zero-order valence-corrected chi connectivity index (χ0v) is 10.6. The molecule has 0 bridgehead atoms. The van der Waals surface area contributed by atoms with Crippen LogP contribution in [-0.4, -0.2) is 26.8 Å². The van der Waals surface area contributed by atoms with Gasteiger partial charge in [0.05, 0.1) is 5.60 Å². The molecule has 17 heavy (non-hydrogen) atoms. The van der Waals surface area contributed by atoms with Crippen molar-refractivity contribution >= 4 is 0 Å². The highest BCUT2D eigenvalue weighted by Gasteiger charge is 2.39. The molecular weight excluding hydrogens is 214 g/mol. The fraction of sp³-hybridized carbons (Fsp3) is 0.769. The molecule has 0 amide bonds. The minimum absolute atomic E-state index is 0.347. The lowest BCUT2D eigenvalue weighted by molar-refractivity contribution is 0.00653. The summed E-state index contributed by atoms with van der Waals surface area (Å²) >= 11 is 0. The maximum absolute atomic E-state index is 10.4. The number of rotatable bonds is 5. The average Bonchev–Trinajstić information content (AvgIpc) is 2.93. The van der Waals surface area contributed by atoms with Crippen molar-refractivity contribution in [2.45, 2.75) is 51.2 Å². The van der Waals surface area contributed by atoms with Gasteiger partial charge in [0.15, 0.2) is 0 Å². The van der Waals surface area contributed by atoms with Gasteiger partial charge in [-0.3, -0.25) is 0 Å². The fourth-order valence-corrected chi connectivity index (χ4v) is 2.96. The van der Waals surface area contributed by atoms with Crippen molar-refractivity contribution in [2.24, 2.45) is 11.7 Å². The van der Waals surface area contributed by atoms with Crippen LogP contribution in [0.3, 0.4) is 0 Å². The van der Waals surface area contributed by atoms with Gasteiger partial charge < -0.3 is 15.4 Å². The Bertz CT molecular complexity index is 363. The molecule has 2 atom stereocenters. The van der Waals surface area contributed by atoms with Gasteiger partial charge in [0, 0.05) is 31.9 Å². The highest BCUT2D eigenvalue weighted by Crippen LogP contribution is 2.37. The molecule has 0 aliphatic heterocycles. The van der Waals surface area contributed by atoms with E-state index in [1.165, 1.54) is 0 Å². The monoisotopic (exact) mass is 237 g/mol. The van der Waals surface area contributed by atoms with E-state index in [4.69, 9.17) is 5.73 Å². The Morgan fingerprint density at radius 2 is 2.47 bits per heavy atom. The van der Waals surface area contributed by atoms with Crippen LogP contribution in [0.2, 0.25) is 0 Å². The number of aliphatic hydroxyl groups is 1. The van der Waals surface area contributed by atoms with Crippen molar-refractivity contribution in [3.8, 4) is 0 Å². The summed E-state index contributed by atoms with van der Waals surface area (Å²) in [6.07, 6.45) is 8.89. The predicted octanol–water partition coefficient (Wildman–Crippen LogP) is 1.33. The van der Waals surface area contributed by atoms with Gasteiger partial charge in [-0.2, -0.15) is 0 Å². The third-order valence-corrected chi connectivity index (χ3v) is 4.11. The molecule has 2 unspecified atom stereocenters. The zero-order chi connectivity index (χ0) is 12.3. The van der Waals surface area contributed by atoms with Crippen molar-refractivity contribution in [1.29, 1.82) is 0 Å². The smallest absolute Gasteiger partial charge is 0.108 e. The quantitative estimate of drug-likeness (QED) is 0.812. The Morgan fingerprint density at radius 3 is 3.18 bits per heavy atom. The van der Waals surface area contributed by atoms with E-state index in [0.29, 0.717) is 12.5 Å². The van der Waals surface area contributed by atoms with E-state index in [9.17, 15) is 5.11 Å². The van der Waals surface area contributed by atoms with Gasteiger partial charge in [-0.15, -0.1) is 0 Å². The molecule has 0 radical (unpaired) electrons. The molecule has 1 heterocycles. The van der Waals surface area contributed by atoms with Crippen molar-refractivity contribution in [3.05, 3.63) is 18.2 Å². The number of imidazole rings is 1. The van der Waals surface area contributed by atoms with Crippen LogP contribution in [0.4, 0.5) is 0 Å². The van der Waals surface area contributed by atoms with E-state index < -0.39 is 5.60 Å². The number of nitrogens with two attached hydrogens (primary N) is 1. The maximum atomic E-state index is 10.4. The van der Waals surface area contributed by atoms with Crippen molar-refractivity contribution in [3.63, 3.8) is 0 Å². The first-order chi connectivity index (χ1) is 8.19. The minimum Gasteiger partial charge on any atom is -0.388 e. The first-order valence-corrected chi connectivity index (χ1v) is 6.62. The third-order valence-electron chi connectivity index (χ3n) is 4.11. The normalized spacial score (nSPS) is 28.8. The Labute approximate surface area is 103 Å². The van der Waals surface area contributed by atoms with Crippen LogP contribution in [0.1, 0.15) is 38.4 Å². The predicted molar refractivity (Wildman–Crippen MR) is 67.6 cm³/mol. The van der Waals surface area contributed by atoms with Crippen LogP contribution in [0.15, 0.2) is 12.4 Å². The van der Waals surface area contributed by atoms with E-state index in [0.717, 1.165) is 44.5 Å². The molecule has 0 aromatic carbocycles. The molecule has 4 heteroatoms. The number of hydrogen-bond acceptors (Lipinski definition) is 3. The topological polar surface area (TPSA) is 64.1 Å². The van der Waals surface area contributed by atoms with Crippen LogP contribution in [0, 0.1) is 5.92 Å². The number of hydrogen-bond donors (Lipinski definition) is 2. The van der Waals surface area contributed by atoms with Gasteiger partial charge in [0.1, 0.15) is 5.82 Å². The summed E-state index contributed by atoms with van der Waals surface area (Å²) in [4.78, 5) is 4.31. The summed E-state index contributed by atoms with van der Waals surface area (Å²) in [5.74, 6) is 1.47. The summed E-state index contributed by atoms with van der Waals surface area (Å²) in [6.45, 7) is 3.45. The van der Waals surface area contributed by atoms with Gasteiger partial charge in [0.25, 0.3) is 0 Å². The van der Waals surface area contributed by atoms with Crippen molar-refractivity contribution < 1.29 is 5.11 Å². The van der Waals surface area contributed by atoms with Crippen LogP contribution in [-0.2, 0) is 13.0 Å². The molecule has 1 saturated carbocycles. The summed E-state index contributed by atoms with van der Waals surface area (Å²) in [5, 5.41) is 10.4. The van der Waals surface area contributed by atoms with E-state index in [1.54, 1.807) is 0 Å². The Morgan fingerprint density at radius 1 is 1.65 bits per heavy atom. The van der Waals surface area contributed by atoms with E-state index >= 15 is 0 Å². The highest BCUT2D eigenvalue weighted by atomic mass is 16.3. The molecule has 1 aliphatic rings. The largest absolute Gasteiger partial charge is 0.388 e. The number of nitrogens with zero attached hydrogens (tertiary/aromatic N) is 2. The molecule has 1 fully saturated rings. The Hall–Kier alpha value is -0.870. The zero-order valence-electron chi connectivity index (χ0n) is 10.6. The van der Waals surface area contributed by atoms with Gasteiger partial charge >= 0.3 is 0 Å². The van der Waals surface area contributed by atoms with Gasteiger partial charge in [-0.25, -0.2) is 4.98 Å². The summed E-state index contributed by atoms with van der Waals surface area (Å²) in [7, 11) is 0. The molecule has 0 spiro atoms. The summed E-state index contributed by atoms with van der Waals surface area (Å²) < 4.78 is 2.19. The lowest BCUT2D eigenvalue weighted by Gasteiger charge is -2.28. The van der Waals surface area contributed by atoms with E-state index in [-0.39, 0.29) is 0 Å². The van der Waals surface area contributed by atoms with Crippen molar-refractivity contribution in [2.75, 3.05) is 6.54 Å². The molecule has 2 rings (SSSR count). The first-order valence-electron chi connectivity index (χ1n) is 6.62. The number of aryl methyl sites for hydroxylation is 2. The van der Waals surface area contributed by atoms with Crippen LogP contribution in [0.25, 0.3) is 0 Å². The van der Waals surface area contributed by atoms with Gasteiger partial charge in [-0.1, -0.05) is 13.3 Å². The number of aromatic nitrogens is 2. The van der Waals surface area contributed by atoms with Gasteiger partial charge in [0.2, 0.25) is 0 Å². The molecule has 3 N–H and O–H groups in total. The lowest BCUT2D eigenvalue weighted by atomic mass is 9.88. The van der Waals surface area contributed by atoms with Crippen LogP contribution < -0.4 is 5.73 Å². The molecule has 1 aromatic heterocycles. The lowest BCUT2D eigenvalue weighted by Crippen LogP contribution is -2.41. The molecule has 96 valence electrons. The summed E-state index contributed by atoms with van der Waals surface area (Å²) in [5.41, 5.74) is 5.08. The second kappa shape index (κ2) is 5.19. The summed E-state index contributed by atoms with van der Waals surface area (Å²) in [6, 6.07) is 0. The van der Waals surface area contributed by atoms with Crippen LogP contribution >= 0.6 is 0 Å². The molecule has 1 aliphatic carbocycles. The molecule has 4 nitrogen and oxygen atoms in total. The van der Waals surface area contributed by atoms with Crippen molar-refractivity contribution in [1.82, 2.24) is 9.55 Å². The third kappa shape index (κ3) is 2.53. The molecule has 1 aromatic rings. The second-order valence-corrected chi connectivity index (χ2v) is 5.08. The first kappa shape index (κ1) is 12.6. The highest BCUT2D eigenvalue weighted by molar-refractivity contribution is 4.95. The maximum Gasteiger partial charge on any atom is 0.108 e. The minimum atomic E-state index is -0.618. The van der Waals surface area contributed by atoms with E-state index in [2.05, 4.69) is 16.5 Å². The van der Waals surface area contributed by atoms with E-state index in [1.807, 2.05) is 12.4 Å². The second-order valence-electron chi connectivity index (χ2n) is 5.08. The standard InChI is InChI=1S/C13H23N3O/c1-2-12-15-7-9-16(12)8-5-11-4-3-6-13(11,17)10-14/h7,9,11,17H,2-6,8,10,14H2,1H3. The Balaban J connectivity index is 1.94.